The fourth-order valence-corrected chi connectivity index (χ4v) is 6.75. The number of esters is 2. The van der Waals surface area contributed by atoms with Crippen molar-refractivity contribution in [1.29, 1.82) is 0 Å². The second kappa shape index (κ2) is 34.1. The minimum Gasteiger partial charge on any atom is -0.466 e. The first-order valence-electron chi connectivity index (χ1n) is 21.5. The lowest BCUT2D eigenvalue weighted by atomic mass is 10.0. The van der Waals surface area contributed by atoms with E-state index in [1.54, 1.807) is 0 Å². The lowest BCUT2D eigenvalue weighted by Gasteiger charge is -2.19. The standard InChI is InChI=1S/C45H76NO10P/c1-5-29-42-39(3)40(4)43(56-42)31-26-22-18-15-16-20-24-28-33-45(49)55-41(37-54-57(50,51)53-35-34-46)36-52-44(48)32-27-23-19-14-12-10-8-6-7-9-11-13-17-21-25-30-38(2)47/h7-10,13-14,17,19,38,41,47H,5-6,11-12,15-16,18,20-37,46H2,1-4H3,(H,50,51)/b9-7-,10-8-,17-13-,19-14-/t38-,41-/m1/s1. The molecule has 0 spiro atoms. The van der Waals surface area contributed by atoms with Gasteiger partial charge in [-0.3, -0.25) is 18.6 Å². The number of allylic oxidation sites excluding steroid dienone is 8. The maximum absolute atomic E-state index is 12.6. The Kier molecular flexibility index (Phi) is 31.3. The molecule has 1 unspecified atom stereocenters. The molecular formula is C45H76NO10P. The molecule has 1 aromatic rings. The van der Waals surface area contributed by atoms with Crippen molar-refractivity contribution in [2.45, 2.75) is 175 Å². The number of nitrogens with two attached hydrogens (primary N) is 1. The number of carbonyl (C=O) groups excluding carboxylic acids is 2. The fourth-order valence-electron chi connectivity index (χ4n) is 5.99. The zero-order valence-electron chi connectivity index (χ0n) is 35.6. The molecule has 11 nitrogen and oxygen atoms in total. The minimum atomic E-state index is -4.41. The third-order valence-corrected chi connectivity index (χ3v) is 10.4. The number of ether oxygens (including phenoxy) is 2. The van der Waals surface area contributed by atoms with Crippen molar-refractivity contribution in [2.75, 3.05) is 26.4 Å². The Morgan fingerprint density at radius 3 is 1.82 bits per heavy atom. The van der Waals surface area contributed by atoms with Gasteiger partial charge in [0, 0.05) is 32.2 Å². The summed E-state index contributed by atoms with van der Waals surface area (Å²) in [6.45, 7) is 7.40. The van der Waals surface area contributed by atoms with Gasteiger partial charge in [-0.1, -0.05) is 94.1 Å². The molecule has 0 amide bonds. The van der Waals surface area contributed by atoms with Gasteiger partial charge < -0.3 is 29.6 Å². The van der Waals surface area contributed by atoms with Gasteiger partial charge in [-0.25, -0.2) is 4.57 Å². The number of phosphoric ester groups is 1. The highest BCUT2D eigenvalue weighted by atomic mass is 31.2. The summed E-state index contributed by atoms with van der Waals surface area (Å²) in [5, 5.41) is 9.27. The summed E-state index contributed by atoms with van der Waals surface area (Å²) in [6.07, 6.45) is 34.1. The van der Waals surface area contributed by atoms with Gasteiger partial charge in [-0.05, 0) is 103 Å². The summed E-state index contributed by atoms with van der Waals surface area (Å²) in [6, 6.07) is 0. The van der Waals surface area contributed by atoms with Crippen LogP contribution >= 0.6 is 7.82 Å². The SMILES string of the molecule is CCCc1oc(CCCCCCCCCCC(=O)O[C@H](COC(=O)CCC/C=C\C/C=C\C/C=C\C/C=C\CCC[C@@H](C)O)COP(=O)(O)OCCN)c(C)c1C. The molecule has 0 saturated carbocycles. The van der Waals surface area contributed by atoms with Gasteiger partial charge in [0.25, 0.3) is 0 Å². The van der Waals surface area contributed by atoms with Crippen LogP contribution in [0.4, 0.5) is 0 Å². The Morgan fingerprint density at radius 2 is 1.25 bits per heavy atom. The highest BCUT2D eigenvalue weighted by molar-refractivity contribution is 7.47. The van der Waals surface area contributed by atoms with Crippen molar-refractivity contribution >= 4 is 19.8 Å². The minimum absolute atomic E-state index is 0.0327. The number of rotatable bonds is 36. The van der Waals surface area contributed by atoms with E-state index in [0.29, 0.717) is 19.3 Å². The molecule has 0 aliphatic rings. The van der Waals surface area contributed by atoms with Crippen LogP contribution in [0.15, 0.2) is 53.0 Å². The molecule has 326 valence electrons. The highest BCUT2D eigenvalue weighted by Gasteiger charge is 2.26. The monoisotopic (exact) mass is 822 g/mol. The van der Waals surface area contributed by atoms with E-state index in [1.807, 2.05) is 13.0 Å². The van der Waals surface area contributed by atoms with E-state index in [-0.39, 0.29) is 38.7 Å². The van der Waals surface area contributed by atoms with Crippen LogP contribution in [-0.4, -0.2) is 60.5 Å². The van der Waals surface area contributed by atoms with E-state index >= 15 is 0 Å². The molecule has 0 bridgehead atoms. The van der Waals surface area contributed by atoms with Gasteiger partial charge in [0.1, 0.15) is 18.1 Å². The van der Waals surface area contributed by atoms with Crippen molar-refractivity contribution < 1.29 is 47.1 Å². The van der Waals surface area contributed by atoms with E-state index in [9.17, 15) is 24.2 Å². The van der Waals surface area contributed by atoms with E-state index in [1.165, 1.54) is 24.0 Å². The first kappa shape index (κ1) is 52.2. The molecule has 0 saturated heterocycles. The number of hydrogen-bond donors (Lipinski definition) is 3. The molecule has 1 rings (SSSR count). The smallest absolute Gasteiger partial charge is 0.466 e. The van der Waals surface area contributed by atoms with Crippen LogP contribution in [0.2, 0.25) is 0 Å². The van der Waals surface area contributed by atoms with Gasteiger partial charge >= 0.3 is 19.8 Å². The van der Waals surface area contributed by atoms with Crippen molar-refractivity contribution in [3.63, 3.8) is 0 Å². The van der Waals surface area contributed by atoms with Crippen molar-refractivity contribution in [3.05, 3.63) is 71.3 Å². The lowest BCUT2D eigenvalue weighted by molar-refractivity contribution is -0.161. The molecule has 0 radical (unpaired) electrons. The molecule has 12 heteroatoms. The first-order chi connectivity index (χ1) is 27.5. The Labute approximate surface area is 344 Å². The van der Waals surface area contributed by atoms with E-state index in [0.717, 1.165) is 101 Å². The van der Waals surface area contributed by atoms with E-state index < -0.39 is 32.5 Å². The van der Waals surface area contributed by atoms with Crippen molar-refractivity contribution in [1.82, 2.24) is 0 Å². The highest BCUT2D eigenvalue weighted by Crippen LogP contribution is 2.43. The zero-order valence-corrected chi connectivity index (χ0v) is 36.5. The predicted octanol–water partition coefficient (Wildman–Crippen LogP) is 10.6. The summed E-state index contributed by atoms with van der Waals surface area (Å²) in [4.78, 5) is 34.9. The summed E-state index contributed by atoms with van der Waals surface area (Å²) in [5.41, 5.74) is 7.95. The molecule has 3 atom stereocenters. The van der Waals surface area contributed by atoms with Crippen LogP contribution in [0.25, 0.3) is 0 Å². The second-order valence-electron chi connectivity index (χ2n) is 14.7. The number of furan rings is 1. The predicted molar refractivity (Wildman–Crippen MR) is 229 cm³/mol. The molecule has 57 heavy (non-hydrogen) atoms. The Hall–Kier alpha value is -2.79. The summed E-state index contributed by atoms with van der Waals surface area (Å²) >= 11 is 0. The number of hydrogen-bond acceptors (Lipinski definition) is 10. The number of aliphatic hydroxyl groups is 1. The summed E-state index contributed by atoms with van der Waals surface area (Å²) < 4.78 is 38.9. The molecular weight excluding hydrogens is 745 g/mol. The van der Waals surface area contributed by atoms with Gasteiger partial charge in [-0.2, -0.15) is 0 Å². The van der Waals surface area contributed by atoms with Crippen LogP contribution in [0.3, 0.4) is 0 Å². The van der Waals surface area contributed by atoms with Crippen molar-refractivity contribution in [3.8, 4) is 0 Å². The average Bonchev–Trinajstić information content (AvgIpc) is 3.44. The van der Waals surface area contributed by atoms with Crippen LogP contribution in [0, 0.1) is 13.8 Å². The topological polar surface area (TPSA) is 168 Å². The third kappa shape index (κ3) is 29.1. The van der Waals surface area contributed by atoms with Crippen LogP contribution in [-0.2, 0) is 45.5 Å². The van der Waals surface area contributed by atoms with Gasteiger partial charge in [0.15, 0.2) is 6.10 Å². The average molecular weight is 822 g/mol. The normalized spacial score (nSPS) is 14.3. The number of unbranched alkanes of at least 4 members (excludes halogenated alkanes) is 9. The van der Waals surface area contributed by atoms with Gasteiger partial charge in [0.05, 0.1) is 19.3 Å². The molecule has 1 aromatic heterocycles. The van der Waals surface area contributed by atoms with Crippen LogP contribution in [0.5, 0.6) is 0 Å². The molecule has 1 heterocycles. The Bertz CT molecular complexity index is 1370. The number of phosphoric acid groups is 1. The van der Waals surface area contributed by atoms with Crippen molar-refractivity contribution in [2.24, 2.45) is 5.73 Å². The Balaban J connectivity index is 2.28. The first-order valence-corrected chi connectivity index (χ1v) is 23.0. The van der Waals surface area contributed by atoms with Crippen LogP contribution in [0.1, 0.15) is 158 Å². The van der Waals surface area contributed by atoms with E-state index in [4.69, 9.17) is 28.7 Å². The molecule has 0 aromatic carbocycles. The quantitative estimate of drug-likeness (QED) is 0.0255. The maximum Gasteiger partial charge on any atom is 0.472 e. The summed E-state index contributed by atoms with van der Waals surface area (Å²) in [5.74, 6) is 1.34. The van der Waals surface area contributed by atoms with E-state index in [2.05, 4.69) is 63.3 Å². The largest absolute Gasteiger partial charge is 0.472 e. The fraction of sp³-hybridized carbons (Fsp3) is 0.689. The number of carbonyl (C=O) groups is 2. The van der Waals surface area contributed by atoms with Gasteiger partial charge in [0.2, 0.25) is 0 Å². The Morgan fingerprint density at radius 1 is 0.719 bits per heavy atom. The number of aliphatic hydroxyl groups excluding tert-OH is 1. The third-order valence-electron chi connectivity index (χ3n) is 9.41. The molecule has 0 aliphatic carbocycles. The zero-order chi connectivity index (χ0) is 42.0. The maximum atomic E-state index is 12.6. The molecule has 4 N–H and O–H groups in total. The van der Waals surface area contributed by atoms with Gasteiger partial charge in [-0.15, -0.1) is 0 Å². The second-order valence-corrected chi connectivity index (χ2v) is 16.2. The molecule has 0 aliphatic heterocycles. The lowest BCUT2D eigenvalue weighted by Crippen LogP contribution is -2.29. The number of aryl methyl sites for hydroxylation is 2. The molecule has 0 fully saturated rings. The summed E-state index contributed by atoms with van der Waals surface area (Å²) in [7, 11) is -4.41. The van der Waals surface area contributed by atoms with Crippen LogP contribution < -0.4 is 5.73 Å².